The van der Waals surface area contributed by atoms with Gasteiger partial charge in [-0.1, -0.05) is 6.07 Å². The molecule has 1 aromatic rings. The molecule has 1 aliphatic rings. The summed E-state index contributed by atoms with van der Waals surface area (Å²) in [5.41, 5.74) is -0.405. The van der Waals surface area contributed by atoms with Gasteiger partial charge in [-0.15, -0.1) is 0 Å². The summed E-state index contributed by atoms with van der Waals surface area (Å²) >= 11 is 0. The number of morpholine rings is 1. The molecular formula is C14H19NO5S. The Labute approximate surface area is 124 Å². The van der Waals surface area contributed by atoms with E-state index in [4.69, 9.17) is 9.84 Å². The predicted octanol–water partition coefficient (Wildman–Crippen LogP) is 1.49. The van der Waals surface area contributed by atoms with Gasteiger partial charge in [0, 0.05) is 6.54 Å². The first-order valence-electron chi connectivity index (χ1n) is 6.61. The third-order valence-corrected chi connectivity index (χ3v) is 5.91. The van der Waals surface area contributed by atoms with Crippen LogP contribution >= 0.6 is 0 Å². The second-order valence-electron chi connectivity index (χ2n) is 5.68. The maximum Gasteiger partial charge on any atom is 0.335 e. The van der Waals surface area contributed by atoms with Crippen LogP contribution in [0.4, 0.5) is 0 Å². The summed E-state index contributed by atoms with van der Waals surface area (Å²) < 4.78 is 32.5. The molecule has 0 bridgehead atoms. The van der Waals surface area contributed by atoms with E-state index in [1.165, 1.54) is 29.4 Å². The standard InChI is InChI=1S/C14H19NO5S/c1-10-11(13(16)17)5-4-6-12(10)21(18,19)15-7-8-20-9-14(15,2)3/h4-6H,7-9H2,1-3H3,(H,16,17). The van der Waals surface area contributed by atoms with Crippen molar-refractivity contribution in [2.45, 2.75) is 31.2 Å². The lowest BCUT2D eigenvalue weighted by atomic mass is 10.1. The van der Waals surface area contributed by atoms with Gasteiger partial charge in [-0.25, -0.2) is 13.2 Å². The number of hydrogen-bond acceptors (Lipinski definition) is 4. The van der Waals surface area contributed by atoms with Gasteiger partial charge in [-0.2, -0.15) is 4.31 Å². The maximum absolute atomic E-state index is 12.9. The van der Waals surface area contributed by atoms with Gasteiger partial charge in [-0.3, -0.25) is 0 Å². The second-order valence-corrected chi connectivity index (χ2v) is 7.51. The smallest absolute Gasteiger partial charge is 0.335 e. The fourth-order valence-corrected chi connectivity index (χ4v) is 4.54. The van der Waals surface area contributed by atoms with Gasteiger partial charge in [0.1, 0.15) is 0 Å². The van der Waals surface area contributed by atoms with Crippen LogP contribution in [0.5, 0.6) is 0 Å². The molecule has 1 heterocycles. The first kappa shape index (κ1) is 15.9. The lowest BCUT2D eigenvalue weighted by Crippen LogP contribution is -2.55. The Balaban J connectivity index is 2.54. The summed E-state index contributed by atoms with van der Waals surface area (Å²) in [5, 5.41) is 9.14. The molecule has 0 atom stereocenters. The third kappa shape index (κ3) is 2.81. The molecule has 1 fully saturated rings. The normalized spacial score (nSPS) is 19.4. The Bertz CT molecular complexity index is 666. The molecule has 1 aliphatic heterocycles. The second kappa shape index (κ2) is 5.40. The van der Waals surface area contributed by atoms with Crippen molar-refractivity contribution < 1.29 is 23.1 Å². The Morgan fingerprint density at radius 3 is 2.62 bits per heavy atom. The largest absolute Gasteiger partial charge is 0.478 e. The van der Waals surface area contributed by atoms with Crippen molar-refractivity contribution in [1.82, 2.24) is 4.31 Å². The van der Waals surface area contributed by atoms with Gasteiger partial charge >= 0.3 is 5.97 Å². The minimum absolute atomic E-state index is 0.00198. The zero-order valence-electron chi connectivity index (χ0n) is 12.3. The molecule has 0 aliphatic carbocycles. The minimum atomic E-state index is -3.77. The molecule has 1 N–H and O–H groups in total. The number of rotatable bonds is 3. The first-order valence-corrected chi connectivity index (χ1v) is 8.05. The van der Waals surface area contributed by atoms with Crippen LogP contribution in [0.2, 0.25) is 0 Å². The molecular weight excluding hydrogens is 294 g/mol. The number of carbonyl (C=O) groups is 1. The van der Waals surface area contributed by atoms with E-state index >= 15 is 0 Å². The molecule has 1 aromatic carbocycles. The number of sulfonamides is 1. The highest BCUT2D eigenvalue weighted by Gasteiger charge is 2.40. The van der Waals surface area contributed by atoms with Crippen LogP contribution in [0, 0.1) is 6.92 Å². The number of carboxylic acid groups (broad SMARTS) is 1. The van der Waals surface area contributed by atoms with E-state index in [1.54, 1.807) is 13.8 Å². The van der Waals surface area contributed by atoms with E-state index in [0.29, 0.717) is 13.2 Å². The van der Waals surface area contributed by atoms with Gasteiger partial charge in [-0.05, 0) is 38.5 Å². The molecule has 7 heteroatoms. The van der Waals surface area contributed by atoms with E-state index in [9.17, 15) is 13.2 Å². The number of aromatic carboxylic acids is 1. The fraction of sp³-hybridized carbons (Fsp3) is 0.500. The van der Waals surface area contributed by atoms with Gasteiger partial charge in [0.05, 0.1) is 29.2 Å². The highest BCUT2D eigenvalue weighted by atomic mass is 32.2. The molecule has 21 heavy (non-hydrogen) atoms. The Morgan fingerprint density at radius 1 is 1.38 bits per heavy atom. The number of carboxylic acids is 1. The topological polar surface area (TPSA) is 83.9 Å². The average molecular weight is 313 g/mol. The van der Waals surface area contributed by atoms with Crippen molar-refractivity contribution in [2.75, 3.05) is 19.8 Å². The van der Waals surface area contributed by atoms with E-state index in [2.05, 4.69) is 0 Å². The Kier molecular flexibility index (Phi) is 4.10. The molecule has 0 radical (unpaired) electrons. The van der Waals surface area contributed by atoms with Crippen LogP contribution in [0.3, 0.4) is 0 Å². The minimum Gasteiger partial charge on any atom is -0.478 e. The summed E-state index contributed by atoms with van der Waals surface area (Å²) in [6.45, 7) is 6.00. The van der Waals surface area contributed by atoms with E-state index in [1.807, 2.05) is 0 Å². The summed E-state index contributed by atoms with van der Waals surface area (Å²) in [4.78, 5) is 11.2. The number of benzene rings is 1. The van der Waals surface area contributed by atoms with Gasteiger partial charge in [0.25, 0.3) is 0 Å². The third-order valence-electron chi connectivity index (χ3n) is 3.65. The maximum atomic E-state index is 12.9. The van der Waals surface area contributed by atoms with Crippen LogP contribution in [-0.4, -0.2) is 49.1 Å². The van der Waals surface area contributed by atoms with Crippen LogP contribution in [-0.2, 0) is 14.8 Å². The fourth-order valence-electron chi connectivity index (χ4n) is 2.53. The zero-order chi connectivity index (χ0) is 15.8. The molecule has 0 unspecified atom stereocenters. The molecule has 0 saturated carbocycles. The Morgan fingerprint density at radius 2 is 2.05 bits per heavy atom. The predicted molar refractivity (Wildman–Crippen MR) is 76.9 cm³/mol. The lowest BCUT2D eigenvalue weighted by molar-refractivity contribution is -0.00772. The molecule has 1 saturated heterocycles. The van der Waals surface area contributed by atoms with Crippen molar-refractivity contribution in [3.05, 3.63) is 29.3 Å². The highest BCUT2D eigenvalue weighted by molar-refractivity contribution is 7.89. The molecule has 0 amide bonds. The quantitative estimate of drug-likeness (QED) is 0.914. The highest BCUT2D eigenvalue weighted by Crippen LogP contribution is 2.30. The van der Waals surface area contributed by atoms with E-state index in [0.717, 1.165) is 0 Å². The van der Waals surface area contributed by atoms with Crippen molar-refractivity contribution in [3.63, 3.8) is 0 Å². The van der Waals surface area contributed by atoms with Gasteiger partial charge in [0.15, 0.2) is 0 Å². The summed E-state index contributed by atoms with van der Waals surface area (Å²) in [5.74, 6) is -1.13. The molecule has 116 valence electrons. The average Bonchev–Trinajstić information content (AvgIpc) is 2.37. The number of ether oxygens (including phenoxy) is 1. The van der Waals surface area contributed by atoms with Crippen LogP contribution < -0.4 is 0 Å². The van der Waals surface area contributed by atoms with Crippen molar-refractivity contribution in [2.24, 2.45) is 0 Å². The molecule has 0 aromatic heterocycles. The van der Waals surface area contributed by atoms with E-state index in [-0.39, 0.29) is 22.6 Å². The number of nitrogens with zero attached hydrogens (tertiary/aromatic N) is 1. The van der Waals surface area contributed by atoms with Crippen molar-refractivity contribution in [3.8, 4) is 0 Å². The monoisotopic (exact) mass is 313 g/mol. The summed E-state index contributed by atoms with van der Waals surface area (Å²) in [6.07, 6.45) is 0. The Hall–Kier alpha value is -1.44. The molecule has 0 spiro atoms. The van der Waals surface area contributed by atoms with Gasteiger partial charge in [0.2, 0.25) is 10.0 Å². The van der Waals surface area contributed by atoms with Crippen LogP contribution in [0.1, 0.15) is 29.8 Å². The van der Waals surface area contributed by atoms with Crippen LogP contribution in [0.25, 0.3) is 0 Å². The first-order chi connectivity index (χ1) is 9.68. The summed E-state index contributed by atoms with van der Waals surface area (Å²) in [7, 11) is -3.77. The van der Waals surface area contributed by atoms with Gasteiger partial charge < -0.3 is 9.84 Å². The summed E-state index contributed by atoms with van der Waals surface area (Å²) in [6, 6.07) is 4.31. The SMILES string of the molecule is Cc1c(C(=O)O)cccc1S(=O)(=O)N1CCOCC1(C)C. The zero-order valence-corrected chi connectivity index (χ0v) is 13.1. The van der Waals surface area contributed by atoms with Crippen molar-refractivity contribution in [1.29, 1.82) is 0 Å². The molecule has 2 rings (SSSR count). The van der Waals surface area contributed by atoms with E-state index < -0.39 is 21.5 Å². The molecule has 6 nitrogen and oxygen atoms in total. The van der Waals surface area contributed by atoms with Crippen molar-refractivity contribution >= 4 is 16.0 Å². The van der Waals surface area contributed by atoms with Crippen LogP contribution in [0.15, 0.2) is 23.1 Å². The lowest BCUT2D eigenvalue weighted by Gasteiger charge is -2.41. The number of hydrogen-bond donors (Lipinski definition) is 1.